The highest BCUT2D eigenvalue weighted by atomic mass is 35.5. The molecule has 0 saturated carbocycles. The smallest absolute Gasteiger partial charge is 0.223 e. The van der Waals surface area contributed by atoms with Crippen LogP contribution in [0.25, 0.3) is 0 Å². The third-order valence-electron chi connectivity index (χ3n) is 4.77. The van der Waals surface area contributed by atoms with Gasteiger partial charge >= 0.3 is 0 Å². The monoisotopic (exact) mass is 297 g/mol. The number of fused-ring (bicyclic) bond motifs is 2. The molecule has 0 aliphatic carbocycles. The molecule has 1 amide bonds. The van der Waals surface area contributed by atoms with Crippen LogP contribution in [0.4, 0.5) is 0 Å². The van der Waals surface area contributed by atoms with Crippen LogP contribution < -0.4 is 0 Å². The number of nitrogens with zero attached hydrogens (tertiary/aromatic N) is 1. The summed E-state index contributed by atoms with van der Waals surface area (Å²) in [7, 11) is 0. The molecule has 1 saturated heterocycles. The summed E-state index contributed by atoms with van der Waals surface area (Å²) in [5, 5.41) is 0.774. The molecule has 2 aliphatic rings. The average Bonchev–Trinajstić information content (AvgIpc) is 2.82. The fourth-order valence-corrected chi connectivity index (χ4v) is 3.99. The second-order valence-electron chi connectivity index (χ2n) is 5.89. The van der Waals surface area contributed by atoms with Gasteiger partial charge in [0.2, 0.25) is 5.91 Å². The van der Waals surface area contributed by atoms with E-state index in [0.717, 1.165) is 23.6 Å². The standard InChI is InChI=1S/C18H16ClNO/c19-16-8-4-3-7-14(16)15-10-18(21)20-11-13-6-2-1-5-12(13)9-17(15)20/h1-8,15,17H,9-11H2. The SMILES string of the molecule is O=C1CC(c2ccccc2Cl)C2Cc3ccccc3CN12. The summed E-state index contributed by atoms with van der Waals surface area (Å²) >= 11 is 6.35. The maximum absolute atomic E-state index is 12.4. The van der Waals surface area contributed by atoms with Crippen molar-refractivity contribution in [3.05, 3.63) is 70.2 Å². The molecule has 2 atom stereocenters. The van der Waals surface area contributed by atoms with Crippen LogP contribution in [-0.4, -0.2) is 16.8 Å². The Morgan fingerprint density at radius 1 is 0.952 bits per heavy atom. The van der Waals surface area contributed by atoms with Crippen LogP contribution >= 0.6 is 11.6 Å². The normalized spacial score (nSPS) is 23.9. The first-order valence-corrected chi connectivity index (χ1v) is 7.72. The summed E-state index contributed by atoms with van der Waals surface area (Å²) in [6.07, 6.45) is 1.50. The summed E-state index contributed by atoms with van der Waals surface area (Å²) in [5.41, 5.74) is 3.76. The number of carbonyl (C=O) groups is 1. The van der Waals surface area contributed by atoms with Gasteiger partial charge in [-0.05, 0) is 29.2 Å². The molecule has 1 fully saturated rings. The lowest BCUT2D eigenvalue weighted by molar-refractivity contribution is -0.129. The van der Waals surface area contributed by atoms with Gasteiger partial charge in [0.1, 0.15) is 0 Å². The zero-order valence-electron chi connectivity index (χ0n) is 11.6. The van der Waals surface area contributed by atoms with E-state index >= 15 is 0 Å². The Morgan fingerprint density at radius 2 is 1.67 bits per heavy atom. The van der Waals surface area contributed by atoms with Gasteiger partial charge in [-0.25, -0.2) is 0 Å². The van der Waals surface area contributed by atoms with Gasteiger partial charge in [-0.2, -0.15) is 0 Å². The Labute approximate surface area is 129 Å². The van der Waals surface area contributed by atoms with E-state index in [2.05, 4.69) is 24.3 Å². The van der Waals surface area contributed by atoms with Crippen molar-refractivity contribution >= 4 is 17.5 Å². The van der Waals surface area contributed by atoms with E-state index in [-0.39, 0.29) is 17.9 Å². The van der Waals surface area contributed by atoms with E-state index in [0.29, 0.717) is 6.42 Å². The van der Waals surface area contributed by atoms with E-state index in [9.17, 15) is 4.79 Å². The molecule has 21 heavy (non-hydrogen) atoms. The fourth-order valence-electron chi connectivity index (χ4n) is 3.71. The third kappa shape index (κ3) is 2.06. The van der Waals surface area contributed by atoms with Gasteiger partial charge in [-0.15, -0.1) is 0 Å². The van der Waals surface area contributed by atoms with E-state index in [1.807, 2.05) is 29.2 Å². The van der Waals surface area contributed by atoms with Crippen LogP contribution in [0.2, 0.25) is 5.02 Å². The molecule has 4 rings (SSSR count). The van der Waals surface area contributed by atoms with Crippen molar-refractivity contribution in [2.45, 2.75) is 31.3 Å². The molecule has 2 unspecified atom stereocenters. The first-order chi connectivity index (χ1) is 10.2. The highest BCUT2D eigenvalue weighted by molar-refractivity contribution is 6.31. The zero-order chi connectivity index (χ0) is 14.4. The van der Waals surface area contributed by atoms with E-state index < -0.39 is 0 Å². The highest BCUT2D eigenvalue weighted by Crippen LogP contribution is 2.42. The van der Waals surface area contributed by atoms with E-state index in [4.69, 9.17) is 11.6 Å². The first kappa shape index (κ1) is 12.9. The molecule has 2 heterocycles. The minimum atomic E-state index is 0.208. The zero-order valence-corrected chi connectivity index (χ0v) is 12.4. The van der Waals surface area contributed by atoms with Crippen molar-refractivity contribution in [2.24, 2.45) is 0 Å². The van der Waals surface area contributed by atoms with Crippen LogP contribution in [0, 0.1) is 0 Å². The fraction of sp³-hybridized carbons (Fsp3) is 0.278. The summed E-state index contributed by atoms with van der Waals surface area (Å²) in [5.74, 6) is 0.457. The number of hydrogen-bond acceptors (Lipinski definition) is 1. The van der Waals surface area contributed by atoms with Gasteiger partial charge in [-0.3, -0.25) is 4.79 Å². The van der Waals surface area contributed by atoms with Gasteiger partial charge in [0.15, 0.2) is 0 Å². The number of hydrogen-bond donors (Lipinski definition) is 0. The summed E-state index contributed by atoms with van der Waals surface area (Å²) < 4.78 is 0. The van der Waals surface area contributed by atoms with Crippen LogP contribution in [0.1, 0.15) is 29.0 Å². The number of carbonyl (C=O) groups excluding carboxylic acids is 1. The second-order valence-corrected chi connectivity index (χ2v) is 6.30. The third-order valence-corrected chi connectivity index (χ3v) is 5.12. The topological polar surface area (TPSA) is 20.3 Å². The minimum absolute atomic E-state index is 0.208. The Hall–Kier alpha value is -1.80. The van der Waals surface area contributed by atoms with Crippen molar-refractivity contribution in [3.8, 4) is 0 Å². The number of rotatable bonds is 1. The van der Waals surface area contributed by atoms with Gasteiger partial charge in [-0.1, -0.05) is 54.1 Å². The van der Waals surface area contributed by atoms with Crippen LogP contribution in [-0.2, 0) is 17.8 Å². The molecule has 2 nitrogen and oxygen atoms in total. The molecule has 106 valence electrons. The quantitative estimate of drug-likeness (QED) is 0.784. The van der Waals surface area contributed by atoms with Gasteiger partial charge in [0.25, 0.3) is 0 Å². The van der Waals surface area contributed by atoms with Crippen molar-refractivity contribution in [3.63, 3.8) is 0 Å². The first-order valence-electron chi connectivity index (χ1n) is 7.35. The number of halogens is 1. The summed E-state index contributed by atoms with van der Waals surface area (Å²) in [4.78, 5) is 14.4. The minimum Gasteiger partial charge on any atom is -0.334 e. The highest BCUT2D eigenvalue weighted by Gasteiger charge is 2.43. The second kappa shape index (κ2) is 4.88. The number of amides is 1. The van der Waals surface area contributed by atoms with Crippen molar-refractivity contribution < 1.29 is 4.79 Å². The maximum Gasteiger partial charge on any atom is 0.223 e. The molecule has 0 aromatic heterocycles. The Balaban J connectivity index is 1.74. The maximum atomic E-state index is 12.4. The van der Waals surface area contributed by atoms with Gasteiger partial charge in [0.05, 0.1) is 0 Å². The van der Waals surface area contributed by atoms with Crippen molar-refractivity contribution in [2.75, 3.05) is 0 Å². The molecule has 2 aromatic carbocycles. The summed E-state index contributed by atoms with van der Waals surface area (Å²) in [6, 6.07) is 16.6. The Bertz CT molecular complexity index is 712. The molecule has 0 radical (unpaired) electrons. The lowest BCUT2D eigenvalue weighted by Crippen LogP contribution is -2.39. The summed E-state index contributed by atoms with van der Waals surface area (Å²) in [6.45, 7) is 0.737. The predicted molar refractivity (Wildman–Crippen MR) is 83.3 cm³/mol. The van der Waals surface area contributed by atoms with Gasteiger partial charge in [0, 0.05) is 29.9 Å². The molecular weight excluding hydrogens is 282 g/mol. The van der Waals surface area contributed by atoms with E-state index in [1.54, 1.807) is 0 Å². The predicted octanol–water partition coefficient (Wildman–Crippen LogP) is 3.78. The molecule has 0 spiro atoms. The van der Waals surface area contributed by atoms with Gasteiger partial charge < -0.3 is 4.90 Å². The largest absolute Gasteiger partial charge is 0.334 e. The van der Waals surface area contributed by atoms with Crippen molar-refractivity contribution in [1.29, 1.82) is 0 Å². The molecular formula is C18H16ClNO. The van der Waals surface area contributed by atoms with Crippen LogP contribution in [0.3, 0.4) is 0 Å². The molecule has 2 aliphatic heterocycles. The lowest BCUT2D eigenvalue weighted by atomic mass is 9.85. The van der Waals surface area contributed by atoms with Crippen LogP contribution in [0.5, 0.6) is 0 Å². The average molecular weight is 298 g/mol. The van der Waals surface area contributed by atoms with Crippen LogP contribution in [0.15, 0.2) is 48.5 Å². The number of benzene rings is 2. The van der Waals surface area contributed by atoms with E-state index in [1.165, 1.54) is 11.1 Å². The molecule has 0 bridgehead atoms. The molecule has 3 heteroatoms. The lowest BCUT2D eigenvalue weighted by Gasteiger charge is -2.34. The molecule has 2 aromatic rings. The van der Waals surface area contributed by atoms with Crippen molar-refractivity contribution in [1.82, 2.24) is 4.90 Å². The Morgan fingerprint density at radius 3 is 2.48 bits per heavy atom. The molecule has 0 N–H and O–H groups in total. The Kier molecular flexibility index (Phi) is 3.00.